The molecule has 0 aliphatic rings. The van der Waals surface area contributed by atoms with Crippen molar-refractivity contribution in [3.63, 3.8) is 0 Å². The van der Waals surface area contributed by atoms with E-state index in [2.05, 4.69) is 10.3 Å². The normalized spacial score (nSPS) is 11.8. The third-order valence-electron chi connectivity index (χ3n) is 4.01. The number of nitrogens with one attached hydrogen (secondary N) is 1. The Labute approximate surface area is 156 Å². The topological polar surface area (TPSA) is 68.3 Å². The summed E-state index contributed by atoms with van der Waals surface area (Å²) in [6.45, 7) is 0. The number of rotatable bonds is 5. The summed E-state index contributed by atoms with van der Waals surface area (Å²) in [6, 6.07) is 15.3. The molecule has 3 aromatic rings. The second kappa shape index (κ2) is 7.97. The summed E-state index contributed by atoms with van der Waals surface area (Å²) in [7, 11) is 1.29. The molecule has 0 aliphatic heterocycles. The summed E-state index contributed by atoms with van der Waals surface area (Å²) in [5.74, 6) is -0.877. The first kappa shape index (κ1) is 17.9. The van der Waals surface area contributed by atoms with E-state index >= 15 is 0 Å². The van der Waals surface area contributed by atoms with Gasteiger partial charge >= 0.3 is 5.97 Å². The fourth-order valence-corrected chi connectivity index (χ4v) is 2.98. The highest BCUT2D eigenvalue weighted by atomic mass is 35.5. The van der Waals surface area contributed by atoms with Crippen LogP contribution >= 0.6 is 11.6 Å². The van der Waals surface area contributed by atoms with E-state index in [0.717, 1.165) is 10.9 Å². The SMILES string of the molecule is COC(=O)[C@H](Cc1cccc(Cl)c1)NC(=O)c1ccnc2ccccc12. The smallest absolute Gasteiger partial charge is 0.328 e. The number of pyridine rings is 1. The largest absolute Gasteiger partial charge is 0.467 e. The van der Waals surface area contributed by atoms with Crippen molar-refractivity contribution in [2.24, 2.45) is 0 Å². The van der Waals surface area contributed by atoms with E-state index in [0.29, 0.717) is 16.1 Å². The summed E-state index contributed by atoms with van der Waals surface area (Å²) >= 11 is 6.00. The predicted molar refractivity (Wildman–Crippen MR) is 100 cm³/mol. The van der Waals surface area contributed by atoms with Gasteiger partial charge in [-0.15, -0.1) is 0 Å². The Morgan fingerprint density at radius 1 is 1.15 bits per heavy atom. The lowest BCUT2D eigenvalue weighted by Crippen LogP contribution is -2.43. The van der Waals surface area contributed by atoms with Crippen LogP contribution in [0, 0.1) is 0 Å². The van der Waals surface area contributed by atoms with Gasteiger partial charge < -0.3 is 10.1 Å². The Hall–Kier alpha value is -2.92. The summed E-state index contributed by atoms with van der Waals surface area (Å²) in [5, 5.41) is 4.05. The van der Waals surface area contributed by atoms with E-state index in [1.165, 1.54) is 7.11 Å². The van der Waals surface area contributed by atoms with Crippen LogP contribution in [-0.2, 0) is 16.0 Å². The molecule has 0 saturated heterocycles. The van der Waals surface area contributed by atoms with Crippen LogP contribution in [0.3, 0.4) is 0 Å². The van der Waals surface area contributed by atoms with E-state index in [1.54, 1.807) is 30.5 Å². The second-order valence-corrected chi connectivity index (χ2v) is 6.20. The molecule has 2 aromatic carbocycles. The van der Waals surface area contributed by atoms with Gasteiger partial charge in [0, 0.05) is 23.0 Å². The first-order chi connectivity index (χ1) is 12.6. The molecular formula is C20H17ClN2O3. The van der Waals surface area contributed by atoms with Gasteiger partial charge in [0.05, 0.1) is 18.2 Å². The number of ether oxygens (including phenoxy) is 1. The van der Waals surface area contributed by atoms with Crippen LogP contribution in [0.25, 0.3) is 10.9 Å². The number of hydrogen-bond acceptors (Lipinski definition) is 4. The Bertz CT molecular complexity index is 953. The predicted octanol–water partition coefficient (Wildman–Crippen LogP) is 3.40. The van der Waals surface area contributed by atoms with Crippen molar-refractivity contribution in [1.82, 2.24) is 10.3 Å². The van der Waals surface area contributed by atoms with Gasteiger partial charge in [-0.25, -0.2) is 4.79 Å². The molecule has 1 aromatic heterocycles. The molecule has 3 rings (SSSR count). The monoisotopic (exact) mass is 368 g/mol. The molecule has 0 saturated carbocycles. The molecule has 132 valence electrons. The molecule has 1 N–H and O–H groups in total. The minimum absolute atomic E-state index is 0.280. The molecule has 0 unspecified atom stereocenters. The van der Waals surface area contributed by atoms with Crippen molar-refractivity contribution in [3.8, 4) is 0 Å². The maximum Gasteiger partial charge on any atom is 0.328 e. The number of para-hydroxylation sites is 1. The van der Waals surface area contributed by atoms with Gasteiger partial charge in [0.15, 0.2) is 0 Å². The third kappa shape index (κ3) is 4.00. The van der Waals surface area contributed by atoms with Gasteiger partial charge in [-0.2, -0.15) is 0 Å². The summed E-state index contributed by atoms with van der Waals surface area (Å²) < 4.78 is 4.84. The number of aromatic nitrogens is 1. The molecule has 26 heavy (non-hydrogen) atoms. The van der Waals surface area contributed by atoms with E-state index in [9.17, 15) is 9.59 Å². The number of nitrogens with zero attached hydrogens (tertiary/aromatic N) is 1. The molecule has 1 heterocycles. The van der Waals surface area contributed by atoms with Crippen molar-refractivity contribution >= 4 is 34.4 Å². The fraction of sp³-hybridized carbons (Fsp3) is 0.150. The second-order valence-electron chi connectivity index (χ2n) is 5.76. The molecule has 6 heteroatoms. The maximum absolute atomic E-state index is 12.8. The van der Waals surface area contributed by atoms with Crippen molar-refractivity contribution in [2.75, 3.05) is 7.11 Å². The molecule has 0 spiro atoms. The highest BCUT2D eigenvalue weighted by molar-refractivity contribution is 6.30. The lowest BCUT2D eigenvalue weighted by molar-refractivity contribution is -0.142. The zero-order valence-corrected chi connectivity index (χ0v) is 14.9. The van der Waals surface area contributed by atoms with Gasteiger partial charge in [0.25, 0.3) is 5.91 Å². The van der Waals surface area contributed by atoms with Crippen LogP contribution in [0.4, 0.5) is 0 Å². The fourth-order valence-electron chi connectivity index (χ4n) is 2.77. The van der Waals surface area contributed by atoms with E-state index in [-0.39, 0.29) is 12.3 Å². The number of esters is 1. The van der Waals surface area contributed by atoms with Gasteiger partial charge in [-0.05, 0) is 29.8 Å². The van der Waals surface area contributed by atoms with Crippen molar-refractivity contribution in [2.45, 2.75) is 12.5 Å². The Balaban J connectivity index is 1.86. The average molecular weight is 369 g/mol. The zero-order chi connectivity index (χ0) is 18.5. The average Bonchev–Trinajstić information content (AvgIpc) is 2.66. The number of hydrogen-bond donors (Lipinski definition) is 1. The molecule has 0 bridgehead atoms. The molecule has 1 amide bonds. The number of carbonyl (C=O) groups excluding carboxylic acids is 2. The summed E-state index contributed by atoms with van der Waals surface area (Å²) in [4.78, 5) is 29.2. The van der Waals surface area contributed by atoms with E-state index in [1.807, 2.05) is 30.3 Å². The Kier molecular flexibility index (Phi) is 5.49. The Morgan fingerprint density at radius 3 is 2.73 bits per heavy atom. The zero-order valence-electron chi connectivity index (χ0n) is 14.1. The number of amides is 1. The van der Waals surface area contributed by atoms with Gasteiger partial charge in [0.2, 0.25) is 0 Å². The number of fused-ring (bicyclic) bond motifs is 1. The first-order valence-electron chi connectivity index (χ1n) is 8.05. The van der Waals surface area contributed by atoms with Gasteiger partial charge in [-0.3, -0.25) is 9.78 Å². The minimum Gasteiger partial charge on any atom is -0.467 e. The Morgan fingerprint density at radius 2 is 1.96 bits per heavy atom. The summed E-state index contributed by atoms with van der Waals surface area (Å²) in [6.07, 6.45) is 1.85. The molecule has 0 aliphatic carbocycles. The highest BCUT2D eigenvalue weighted by Gasteiger charge is 2.23. The van der Waals surface area contributed by atoms with Crippen LogP contribution in [0.5, 0.6) is 0 Å². The van der Waals surface area contributed by atoms with Gasteiger partial charge in [-0.1, -0.05) is 41.9 Å². The lowest BCUT2D eigenvalue weighted by atomic mass is 10.0. The summed E-state index contributed by atoms with van der Waals surface area (Å²) in [5.41, 5.74) is 1.99. The van der Waals surface area contributed by atoms with Crippen molar-refractivity contribution < 1.29 is 14.3 Å². The van der Waals surface area contributed by atoms with Crippen molar-refractivity contribution in [3.05, 3.63) is 76.9 Å². The van der Waals surface area contributed by atoms with Gasteiger partial charge in [0.1, 0.15) is 6.04 Å². The minimum atomic E-state index is -0.821. The van der Waals surface area contributed by atoms with Crippen LogP contribution in [-0.4, -0.2) is 30.0 Å². The number of halogens is 1. The van der Waals surface area contributed by atoms with Crippen molar-refractivity contribution in [1.29, 1.82) is 0 Å². The maximum atomic E-state index is 12.8. The van der Waals surface area contributed by atoms with Crippen LogP contribution in [0.15, 0.2) is 60.8 Å². The molecule has 5 nitrogen and oxygen atoms in total. The lowest BCUT2D eigenvalue weighted by Gasteiger charge is -2.17. The quantitative estimate of drug-likeness (QED) is 0.701. The molecule has 1 atom stereocenters. The van der Waals surface area contributed by atoms with E-state index < -0.39 is 12.0 Å². The molecule has 0 radical (unpaired) electrons. The number of benzene rings is 2. The van der Waals surface area contributed by atoms with Crippen LogP contribution in [0.1, 0.15) is 15.9 Å². The highest BCUT2D eigenvalue weighted by Crippen LogP contribution is 2.17. The van der Waals surface area contributed by atoms with Crippen LogP contribution < -0.4 is 5.32 Å². The van der Waals surface area contributed by atoms with Crippen LogP contribution in [0.2, 0.25) is 5.02 Å². The third-order valence-corrected chi connectivity index (χ3v) is 4.25. The first-order valence-corrected chi connectivity index (χ1v) is 8.43. The number of methoxy groups -OCH3 is 1. The molecule has 0 fully saturated rings. The molecular weight excluding hydrogens is 352 g/mol. The van der Waals surface area contributed by atoms with E-state index in [4.69, 9.17) is 16.3 Å². The standard InChI is InChI=1S/C20H17ClN2O3/c1-26-20(25)18(12-13-5-4-6-14(21)11-13)23-19(24)16-9-10-22-17-8-3-2-7-15(16)17/h2-11,18H,12H2,1H3,(H,23,24)/t18-/m0/s1. The number of carbonyl (C=O) groups is 2.